The minimum absolute atomic E-state index is 0.0748. The van der Waals surface area contributed by atoms with E-state index in [1.54, 1.807) is 36.4 Å². The summed E-state index contributed by atoms with van der Waals surface area (Å²) < 4.78 is 0. The molecule has 2 rings (SSSR count). The zero-order chi connectivity index (χ0) is 19.3. The van der Waals surface area contributed by atoms with Crippen LogP contribution in [0.3, 0.4) is 0 Å². The third kappa shape index (κ3) is 5.02. The van der Waals surface area contributed by atoms with E-state index >= 15 is 0 Å². The van der Waals surface area contributed by atoms with Crippen molar-refractivity contribution in [1.29, 1.82) is 0 Å². The summed E-state index contributed by atoms with van der Waals surface area (Å²) in [6.45, 7) is 7.12. The second-order valence-electron chi connectivity index (χ2n) is 6.69. The summed E-state index contributed by atoms with van der Waals surface area (Å²) in [6, 6.07) is 13.3. The Morgan fingerprint density at radius 2 is 1.58 bits per heavy atom. The fourth-order valence-corrected chi connectivity index (χ4v) is 2.58. The van der Waals surface area contributed by atoms with Gasteiger partial charge in [0.15, 0.2) is 5.78 Å². The molecule has 5 nitrogen and oxygen atoms in total. The summed E-state index contributed by atoms with van der Waals surface area (Å²) in [4.78, 5) is 36.6. The van der Waals surface area contributed by atoms with Gasteiger partial charge >= 0.3 is 0 Å². The van der Waals surface area contributed by atoms with Gasteiger partial charge in [0.05, 0.1) is 0 Å². The molecule has 0 aromatic heterocycles. The number of carbonyl (C=O) groups excluding carboxylic acids is 3. The topological polar surface area (TPSA) is 75.3 Å². The molecule has 2 amide bonds. The lowest BCUT2D eigenvalue weighted by Crippen LogP contribution is -2.47. The number of rotatable bonds is 6. The van der Waals surface area contributed by atoms with Gasteiger partial charge in [-0.1, -0.05) is 43.7 Å². The van der Waals surface area contributed by atoms with Gasteiger partial charge in [0.25, 0.3) is 5.91 Å². The van der Waals surface area contributed by atoms with Gasteiger partial charge in [0, 0.05) is 16.8 Å². The highest BCUT2D eigenvalue weighted by atomic mass is 16.2. The van der Waals surface area contributed by atoms with Gasteiger partial charge in [-0.15, -0.1) is 0 Å². The van der Waals surface area contributed by atoms with Crippen LogP contribution < -0.4 is 10.6 Å². The Morgan fingerprint density at radius 3 is 2.19 bits per heavy atom. The van der Waals surface area contributed by atoms with Gasteiger partial charge in [0.1, 0.15) is 6.04 Å². The fourth-order valence-electron chi connectivity index (χ4n) is 2.58. The van der Waals surface area contributed by atoms with Crippen molar-refractivity contribution < 1.29 is 14.4 Å². The summed E-state index contributed by atoms with van der Waals surface area (Å²) in [5.41, 5.74) is 2.54. The summed E-state index contributed by atoms with van der Waals surface area (Å²) in [5.74, 6) is -0.782. The number of anilines is 1. The maximum atomic E-state index is 12.7. The Labute approximate surface area is 153 Å². The zero-order valence-electron chi connectivity index (χ0n) is 15.5. The lowest BCUT2D eigenvalue weighted by molar-refractivity contribution is -0.118. The summed E-state index contributed by atoms with van der Waals surface area (Å²) in [7, 11) is 0. The van der Waals surface area contributed by atoms with E-state index in [0.29, 0.717) is 16.8 Å². The van der Waals surface area contributed by atoms with Gasteiger partial charge in [-0.3, -0.25) is 14.4 Å². The zero-order valence-corrected chi connectivity index (χ0v) is 15.5. The normalized spacial score (nSPS) is 11.7. The van der Waals surface area contributed by atoms with E-state index < -0.39 is 6.04 Å². The summed E-state index contributed by atoms with van der Waals surface area (Å²) >= 11 is 0. The SMILES string of the molecule is CC(=O)c1cccc(NC(=O)C(NC(=O)c2cccc(C)c2)C(C)C)c1. The van der Waals surface area contributed by atoms with E-state index in [0.717, 1.165) is 5.56 Å². The van der Waals surface area contributed by atoms with Crippen LogP contribution in [0.5, 0.6) is 0 Å². The predicted octanol–water partition coefficient (Wildman–Crippen LogP) is 3.59. The maximum absolute atomic E-state index is 12.7. The molecule has 5 heteroatoms. The van der Waals surface area contributed by atoms with Gasteiger partial charge < -0.3 is 10.6 Å². The van der Waals surface area contributed by atoms with Crippen LogP contribution in [0.15, 0.2) is 48.5 Å². The first-order valence-electron chi connectivity index (χ1n) is 8.57. The summed E-state index contributed by atoms with van der Waals surface area (Å²) in [6.07, 6.45) is 0. The number of amides is 2. The van der Waals surface area contributed by atoms with Gasteiger partial charge in [0.2, 0.25) is 5.91 Å². The van der Waals surface area contributed by atoms with Crippen molar-refractivity contribution in [1.82, 2.24) is 5.32 Å². The van der Waals surface area contributed by atoms with Crippen molar-refractivity contribution in [2.75, 3.05) is 5.32 Å². The number of nitrogens with one attached hydrogen (secondary N) is 2. The molecule has 0 saturated heterocycles. The van der Waals surface area contributed by atoms with Crippen LogP contribution in [0.25, 0.3) is 0 Å². The third-order valence-corrected chi connectivity index (χ3v) is 4.05. The first kappa shape index (κ1) is 19.4. The molecule has 0 aliphatic carbocycles. The fraction of sp³-hybridized carbons (Fsp3) is 0.286. The second-order valence-corrected chi connectivity index (χ2v) is 6.69. The monoisotopic (exact) mass is 352 g/mol. The Bertz CT molecular complexity index is 828. The van der Waals surface area contributed by atoms with Crippen LogP contribution in [0.1, 0.15) is 47.1 Å². The van der Waals surface area contributed by atoms with Crippen molar-refractivity contribution in [2.24, 2.45) is 5.92 Å². The van der Waals surface area contributed by atoms with Gasteiger partial charge in [-0.2, -0.15) is 0 Å². The largest absolute Gasteiger partial charge is 0.340 e. The van der Waals surface area contributed by atoms with Crippen molar-refractivity contribution in [2.45, 2.75) is 33.7 Å². The molecule has 0 bridgehead atoms. The standard InChI is InChI=1S/C21H24N2O3/c1-13(2)19(23-20(25)17-9-5-7-14(3)11-17)21(26)22-18-10-6-8-16(12-18)15(4)24/h5-13,19H,1-4H3,(H,22,26)(H,23,25). The molecule has 1 unspecified atom stereocenters. The number of benzene rings is 2. The molecule has 0 saturated carbocycles. The van der Waals surface area contributed by atoms with Crippen molar-refractivity contribution in [3.63, 3.8) is 0 Å². The highest BCUT2D eigenvalue weighted by Gasteiger charge is 2.25. The van der Waals surface area contributed by atoms with Crippen LogP contribution in [0.2, 0.25) is 0 Å². The van der Waals surface area contributed by atoms with Crippen molar-refractivity contribution in [3.05, 3.63) is 65.2 Å². The number of aryl methyl sites for hydroxylation is 1. The first-order valence-corrected chi connectivity index (χ1v) is 8.57. The molecule has 0 spiro atoms. The number of Topliss-reactive ketones (excluding diaryl/α,β-unsaturated/α-hetero) is 1. The molecule has 2 aromatic rings. The predicted molar refractivity (Wildman–Crippen MR) is 102 cm³/mol. The number of ketones is 1. The Balaban J connectivity index is 2.13. The van der Waals surface area contributed by atoms with Crippen LogP contribution in [-0.2, 0) is 4.79 Å². The van der Waals surface area contributed by atoms with E-state index in [-0.39, 0.29) is 23.5 Å². The highest BCUT2D eigenvalue weighted by molar-refractivity contribution is 6.02. The Hall–Kier alpha value is -2.95. The van der Waals surface area contributed by atoms with Crippen LogP contribution >= 0.6 is 0 Å². The third-order valence-electron chi connectivity index (χ3n) is 4.05. The molecule has 2 aromatic carbocycles. The van der Waals surface area contributed by atoms with Gasteiger partial charge in [-0.05, 0) is 44.0 Å². The van der Waals surface area contributed by atoms with E-state index in [1.165, 1.54) is 6.92 Å². The molecule has 136 valence electrons. The van der Waals surface area contributed by atoms with Crippen LogP contribution in [0, 0.1) is 12.8 Å². The minimum atomic E-state index is -0.691. The lowest BCUT2D eigenvalue weighted by Gasteiger charge is -2.22. The lowest BCUT2D eigenvalue weighted by atomic mass is 10.0. The van der Waals surface area contributed by atoms with Crippen molar-refractivity contribution in [3.8, 4) is 0 Å². The Kier molecular flexibility index (Phi) is 6.28. The number of hydrogen-bond acceptors (Lipinski definition) is 3. The van der Waals surface area contributed by atoms with E-state index in [9.17, 15) is 14.4 Å². The second kappa shape index (κ2) is 8.43. The minimum Gasteiger partial charge on any atom is -0.340 e. The quantitative estimate of drug-likeness (QED) is 0.780. The summed E-state index contributed by atoms with van der Waals surface area (Å²) in [5, 5.41) is 5.58. The Morgan fingerprint density at radius 1 is 0.923 bits per heavy atom. The highest BCUT2D eigenvalue weighted by Crippen LogP contribution is 2.14. The van der Waals surface area contributed by atoms with Gasteiger partial charge in [-0.25, -0.2) is 0 Å². The molecular formula is C21H24N2O3. The number of carbonyl (C=O) groups is 3. The first-order chi connectivity index (χ1) is 12.3. The smallest absolute Gasteiger partial charge is 0.251 e. The molecule has 0 radical (unpaired) electrons. The van der Waals surface area contributed by atoms with E-state index in [2.05, 4.69) is 10.6 Å². The van der Waals surface area contributed by atoms with E-state index in [4.69, 9.17) is 0 Å². The maximum Gasteiger partial charge on any atom is 0.251 e. The number of hydrogen-bond donors (Lipinski definition) is 2. The van der Waals surface area contributed by atoms with E-state index in [1.807, 2.05) is 32.9 Å². The molecule has 2 N–H and O–H groups in total. The average Bonchev–Trinajstić information content (AvgIpc) is 2.59. The average molecular weight is 352 g/mol. The molecule has 0 heterocycles. The van der Waals surface area contributed by atoms with Crippen LogP contribution in [-0.4, -0.2) is 23.6 Å². The molecule has 0 aliphatic rings. The molecule has 26 heavy (non-hydrogen) atoms. The molecular weight excluding hydrogens is 328 g/mol. The van der Waals surface area contributed by atoms with Crippen molar-refractivity contribution >= 4 is 23.3 Å². The molecule has 0 aliphatic heterocycles. The molecule has 0 fully saturated rings. The molecule has 1 atom stereocenters. The van der Waals surface area contributed by atoms with Crippen LogP contribution in [0.4, 0.5) is 5.69 Å².